The summed E-state index contributed by atoms with van der Waals surface area (Å²) in [5, 5.41) is 10.8. The first-order valence-electron chi connectivity index (χ1n) is 6.64. The van der Waals surface area contributed by atoms with Crippen LogP contribution in [-0.4, -0.2) is 23.5 Å². The number of para-hydroxylation sites is 1. The van der Waals surface area contributed by atoms with E-state index in [0.29, 0.717) is 4.88 Å². The Hall–Kier alpha value is -2.14. The molecule has 0 aliphatic heterocycles. The van der Waals surface area contributed by atoms with E-state index in [1.807, 2.05) is 49.6 Å². The summed E-state index contributed by atoms with van der Waals surface area (Å²) >= 11 is 1.38. The van der Waals surface area contributed by atoms with Crippen molar-refractivity contribution in [2.75, 3.05) is 11.4 Å². The summed E-state index contributed by atoms with van der Waals surface area (Å²) in [7, 11) is 0. The van der Waals surface area contributed by atoms with Gasteiger partial charge in [0.15, 0.2) is 0 Å². The molecule has 0 bridgehead atoms. The fourth-order valence-electron chi connectivity index (χ4n) is 2.12. The smallest absolute Gasteiger partial charge is 0.305 e. The van der Waals surface area contributed by atoms with Crippen molar-refractivity contribution >= 4 is 28.9 Å². The van der Waals surface area contributed by atoms with E-state index in [-0.39, 0.29) is 18.9 Å². The molecule has 1 amide bonds. The number of hydrogen-bond donors (Lipinski definition) is 1. The minimum absolute atomic E-state index is 0.0789. The third-order valence-electron chi connectivity index (χ3n) is 3.26. The summed E-state index contributed by atoms with van der Waals surface area (Å²) < 4.78 is 0. The Morgan fingerprint density at radius 3 is 2.43 bits per heavy atom. The zero-order valence-electron chi connectivity index (χ0n) is 12.0. The van der Waals surface area contributed by atoms with Gasteiger partial charge in [0.1, 0.15) is 0 Å². The molecule has 0 unspecified atom stereocenters. The third kappa shape index (κ3) is 3.49. The molecule has 1 N–H and O–H groups in total. The van der Waals surface area contributed by atoms with Gasteiger partial charge in [-0.25, -0.2) is 0 Å². The molecule has 1 aromatic heterocycles. The fourth-order valence-corrected chi connectivity index (χ4v) is 2.99. The second-order valence-electron chi connectivity index (χ2n) is 4.82. The van der Waals surface area contributed by atoms with E-state index < -0.39 is 5.97 Å². The van der Waals surface area contributed by atoms with Crippen LogP contribution in [0.5, 0.6) is 0 Å². The first-order valence-corrected chi connectivity index (χ1v) is 7.52. The lowest BCUT2D eigenvalue weighted by atomic mass is 10.1. The highest BCUT2D eigenvalue weighted by molar-refractivity contribution is 7.12. The predicted molar refractivity (Wildman–Crippen MR) is 84.2 cm³/mol. The number of rotatable bonds is 5. The van der Waals surface area contributed by atoms with Crippen molar-refractivity contribution in [2.24, 2.45) is 0 Å². The molecule has 110 valence electrons. The van der Waals surface area contributed by atoms with Crippen LogP contribution in [0.4, 0.5) is 5.69 Å². The van der Waals surface area contributed by atoms with Crippen LogP contribution in [-0.2, 0) is 4.79 Å². The molecule has 2 rings (SSSR count). The van der Waals surface area contributed by atoms with Crippen LogP contribution in [0.25, 0.3) is 0 Å². The van der Waals surface area contributed by atoms with Crippen molar-refractivity contribution in [3.8, 4) is 0 Å². The number of hydrogen-bond acceptors (Lipinski definition) is 3. The summed E-state index contributed by atoms with van der Waals surface area (Å²) in [6.07, 6.45) is -0.0789. The van der Waals surface area contributed by atoms with E-state index in [4.69, 9.17) is 5.11 Å². The highest BCUT2D eigenvalue weighted by Crippen LogP contribution is 2.25. The van der Waals surface area contributed by atoms with Gasteiger partial charge in [-0.15, -0.1) is 11.3 Å². The van der Waals surface area contributed by atoms with Crippen molar-refractivity contribution in [1.82, 2.24) is 0 Å². The summed E-state index contributed by atoms with van der Waals surface area (Å²) in [6.45, 7) is 3.96. The fraction of sp³-hybridized carbons (Fsp3) is 0.250. The number of amides is 1. The molecule has 0 atom stereocenters. The number of carbonyl (C=O) groups is 2. The average Bonchev–Trinajstić information content (AvgIpc) is 2.86. The number of carboxylic acids is 1. The van der Waals surface area contributed by atoms with Crippen LogP contribution in [0.1, 0.15) is 27.2 Å². The summed E-state index contributed by atoms with van der Waals surface area (Å²) in [6, 6.07) is 9.40. The lowest BCUT2D eigenvalue weighted by Gasteiger charge is -2.23. The van der Waals surface area contributed by atoms with Crippen LogP contribution in [0, 0.1) is 13.8 Å². The molecule has 0 aliphatic carbocycles. The van der Waals surface area contributed by atoms with Crippen molar-refractivity contribution in [1.29, 1.82) is 0 Å². The van der Waals surface area contributed by atoms with Gasteiger partial charge >= 0.3 is 5.97 Å². The zero-order valence-corrected chi connectivity index (χ0v) is 12.8. The second-order valence-corrected chi connectivity index (χ2v) is 5.74. The minimum atomic E-state index is -0.913. The van der Waals surface area contributed by atoms with Crippen LogP contribution in [0.2, 0.25) is 0 Å². The summed E-state index contributed by atoms with van der Waals surface area (Å²) in [5.41, 5.74) is 2.63. The van der Waals surface area contributed by atoms with Gasteiger partial charge in [0, 0.05) is 12.2 Å². The number of benzene rings is 1. The lowest BCUT2D eigenvalue weighted by molar-refractivity contribution is -0.136. The van der Waals surface area contributed by atoms with Gasteiger partial charge in [-0.3, -0.25) is 9.59 Å². The van der Waals surface area contributed by atoms with Crippen LogP contribution < -0.4 is 4.90 Å². The predicted octanol–water partition coefficient (Wildman–Crippen LogP) is 3.49. The Morgan fingerprint density at radius 1 is 1.14 bits per heavy atom. The molecule has 5 heteroatoms. The van der Waals surface area contributed by atoms with Gasteiger partial charge in [0.25, 0.3) is 5.91 Å². The summed E-state index contributed by atoms with van der Waals surface area (Å²) in [5.74, 6) is -1.05. The van der Waals surface area contributed by atoms with Gasteiger partial charge in [0.2, 0.25) is 0 Å². The second kappa shape index (κ2) is 6.54. The molecular formula is C16H17NO3S. The van der Waals surface area contributed by atoms with E-state index in [9.17, 15) is 9.59 Å². The number of nitrogens with zero attached hydrogens (tertiary/aromatic N) is 1. The number of aryl methyl sites for hydroxylation is 2. The van der Waals surface area contributed by atoms with Crippen LogP contribution in [0.15, 0.2) is 35.7 Å². The Bertz CT molecular complexity index is 663. The van der Waals surface area contributed by atoms with Crippen LogP contribution in [0.3, 0.4) is 0 Å². The molecule has 0 fully saturated rings. The molecule has 0 saturated heterocycles. The molecule has 0 saturated carbocycles. The van der Waals surface area contributed by atoms with Crippen molar-refractivity contribution in [3.05, 3.63) is 51.7 Å². The van der Waals surface area contributed by atoms with E-state index in [1.54, 1.807) is 4.90 Å². The monoisotopic (exact) mass is 303 g/mol. The first kappa shape index (κ1) is 15.3. The van der Waals surface area contributed by atoms with Gasteiger partial charge in [-0.1, -0.05) is 18.2 Å². The van der Waals surface area contributed by atoms with Gasteiger partial charge in [0.05, 0.1) is 11.3 Å². The number of carbonyl (C=O) groups excluding carboxylic acids is 1. The Morgan fingerprint density at radius 2 is 1.86 bits per heavy atom. The van der Waals surface area contributed by atoms with Crippen molar-refractivity contribution < 1.29 is 14.7 Å². The molecule has 1 aromatic carbocycles. The van der Waals surface area contributed by atoms with Crippen molar-refractivity contribution in [2.45, 2.75) is 20.3 Å². The molecule has 2 aromatic rings. The lowest BCUT2D eigenvalue weighted by Crippen LogP contribution is -2.33. The number of thiophene rings is 1. The standard InChI is InChI=1S/C16H17NO3S/c1-11-5-3-4-6-13(11)17(9-7-14(18)19)16(20)15-12(2)8-10-21-15/h3-6,8,10H,7,9H2,1-2H3,(H,18,19). The maximum absolute atomic E-state index is 12.7. The molecule has 0 spiro atoms. The summed E-state index contributed by atoms with van der Waals surface area (Å²) in [4.78, 5) is 25.8. The number of carboxylic acid groups (broad SMARTS) is 1. The molecular weight excluding hydrogens is 286 g/mol. The number of anilines is 1. The van der Waals surface area contributed by atoms with Gasteiger partial charge < -0.3 is 10.0 Å². The molecule has 0 radical (unpaired) electrons. The average molecular weight is 303 g/mol. The van der Waals surface area contributed by atoms with E-state index in [0.717, 1.165) is 16.8 Å². The Balaban J connectivity index is 2.37. The van der Waals surface area contributed by atoms with Crippen LogP contribution >= 0.6 is 11.3 Å². The number of aliphatic carboxylic acids is 1. The Labute approximate surface area is 127 Å². The maximum Gasteiger partial charge on any atom is 0.305 e. The first-order chi connectivity index (χ1) is 10.0. The van der Waals surface area contributed by atoms with Crippen molar-refractivity contribution in [3.63, 3.8) is 0 Å². The quantitative estimate of drug-likeness (QED) is 0.920. The normalized spacial score (nSPS) is 10.4. The highest BCUT2D eigenvalue weighted by Gasteiger charge is 2.22. The van der Waals surface area contributed by atoms with Gasteiger partial charge in [-0.2, -0.15) is 0 Å². The largest absolute Gasteiger partial charge is 0.481 e. The molecule has 1 heterocycles. The zero-order chi connectivity index (χ0) is 15.4. The third-order valence-corrected chi connectivity index (χ3v) is 4.26. The van der Waals surface area contributed by atoms with E-state index in [1.165, 1.54) is 11.3 Å². The highest BCUT2D eigenvalue weighted by atomic mass is 32.1. The van der Waals surface area contributed by atoms with E-state index >= 15 is 0 Å². The molecule has 21 heavy (non-hydrogen) atoms. The maximum atomic E-state index is 12.7. The SMILES string of the molecule is Cc1ccccc1N(CCC(=O)O)C(=O)c1sccc1C. The van der Waals surface area contributed by atoms with Gasteiger partial charge in [-0.05, 0) is 42.5 Å². The van der Waals surface area contributed by atoms with E-state index in [2.05, 4.69) is 0 Å². The Kier molecular flexibility index (Phi) is 4.75. The molecule has 4 nitrogen and oxygen atoms in total. The topological polar surface area (TPSA) is 57.6 Å². The molecule has 0 aliphatic rings. The minimum Gasteiger partial charge on any atom is -0.481 e.